The number of hydrogen-bond acceptors (Lipinski definition) is 1. The van der Waals surface area contributed by atoms with Crippen molar-refractivity contribution in [1.82, 2.24) is 0 Å². The number of benzene rings is 3. The van der Waals surface area contributed by atoms with Crippen molar-refractivity contribution >= 4 is 12.2 Å². The SMILES string of the molecule is COc1ccc2c(c1)-c1cc(/C=C/c3ccc(C)cc3)ccc1C(C)(C)C2. The first kappa shape index (κ1) is 17.6. The standard InChI is InChI=1S/C26H26O/c1-18-5-7-19(8-6-18)9-10-20-11-14-25-24(15-20)23-16-22(27-4)13-12-21(23)17-26(25,2)3/h5-16H,17H2,1-4H3/b10-9+. The smallest absolute Gasteiger partial charge is 0.119 e. The average molecular weight is 354 g/mol. The van der Waals surface area contributed by atoms with Gasteiger partial charge in [0.1, 0.15) is 5.75 Å². The molecular weight excluding hydrogens is 328 g/mol. The minimum absolute atomic E-state index is 0.135. The summed E-state index contributed by atoms with van der Waals surface area (Å²) >= 11 is 0. The highest BCUT2D eigenvalue weighted by molar-refractivity contribution is 5.80. The Morgan fingerprint density at radius 3 is 2.26 bits per heavy atom. The van der Waals surface area contributed by atoms with Gasteiger partial charge in [0.2, 0.25) is 0 Å². The van der Waals surface area contributed by atoms with Gasteiger partial charge >= 0.3 is 0 Å². The Morgan fingerprint density at radius 1 is 0.815 bits per heavy atom. The van der Waals surface area contributed by atoms with E-state index < -0.39 is 0 Å². The number of aryl methyl sites for hydroxylation is 1. The highest BCUT2D eigenvalue weighted by Gasteiger charge is 2.31. The van der Waals surface area contributed by atoms with Crippen molar-refractivity contribution in [2.75, 3.05) is 7.11 Å². The van der Waals surface area contributed by atoms with Gasteiger partial charge in [-0.2, -0.15) is 0 Å². The number of methoxy groups -OCH3 is 1. The number of rotatable bonds is 3. The lowest BCUT2D eigenvalue weighted by Gasteiger charge is -2.34. The molecule has 3 aromatic rings. The van der Waals surface area contributed by atoms with E-state index in [4.69, 9.17) is 4.74 Å². The summed E-state index contributed by atoms with van der Waals surface area (Å²) in [7, 11) is 1.73. The predicted molar refractivity (Wildman–Crippen MR) is 115 cm³/mol. The summed E-state index contributed by atoms with van der Waals surface area (Å²) in [6.07, 6.45) is 5.44. The van der Waals surface area contributed by atoms with Gasteiger partial charge in [0.05, 0.1) is 7.11 Å². The van der Waals surface area contributed by atoms with Gasteiger partial charge in [-0.05, 0) is 70.3 Å². The van der Waals surface area contributed by atoms with E-state index in [0.717, 1.165) is 12.2 Å². The molecule has 0 saturated carbocycles. The van der Waals surface area contributed by atoms with Crippen molar-refractivity contribution in [1.29, 1.82) is 0 Å². The summed E-state index contributed by atoms with van der Waals surface area (Å²) in [4.78, 5) is 0. The van der Waals surface area contributed by atoms with E-state index in [1.54, 1.807) is 7.11 Å². The van der Waals surface area contributed by atoms with Crippen molar-refractivity contribution in [3.05, 3.63) is 88.5 Å². The average Bonchev–Trinajstić information content (AvgIpc) is 2.67. The fraction of sp³-hybridized carbons (Fsp3) is 0.231. The second kappa shape index (κ2) is 6.74. The molecule has 0 aromatic heterocycles. The van der Waals surface area contributed by atoms with Gasteiger partial charge in [-0.1, -0.05) is 74.0 Å². The third-order valence-corrected chi connectivity index (χ3v) is 5.56. The van der Waals surface area contributed by atoms with Crippen LogP contribution in [-0.4, -0.2) is 7.11 Å². The Morgan fingerprint density at radius 2 is 1.52 bits per heavy atom. The first-order valence-corrected chi connectivity index (χ1v) is 9.53. The summed E-state index contributed by atoms with van der Waals surface area (Å²) in [5, 5.41) is 0. The topological polar surface area (TPSA) is 9.23 Å². The second-order valence-corrected chi connectivity index (χ2v) is 8.13. The maximum Gasteiger partial charge on any atom is 0.119 e. The molecule has 0 fully saturated rings. The molecule has 0 saturated heterocycles. The van der Waals surface area contributed by atoms with E-state index in [9.17, 15) is 0 Å². The molecule has 0 N–H and O–H groups in total. The van der Waals surface area contributed by atoms with Crippen molar-refractivity contribution in [2.24, 2.45) is 0 Å². The van der Waals surface area contributed by atoms with Gasteiger partial charge in [0.25, 0.3) is 0 Å². The Bertz CT molecular complexity index is 1010. The Balaban J connectivity index is 1.77. The van der Waals surface area contributed by atoms with E-state index in [2.05, 4.69) is 93.6 Å². The maximum absolute atomic E-state index is 5.48. The van der Waals surface area contributed by atoms with Crippen molar-refractivity contribution in [3.8, 4) is 16.9 Å². The van der Waals surface area contributed by atoms with Gasteiger partial charge in [-0.15, -0.1) is 0 Å². The molecule has 0 spiro atoms. The van der Waals surface area contributed by atoms with Gasteiger partial charge in [0, 0.05) is 0 Å². The van der Waals surface area contributed by atoms with Crippen LogP contribution in [0.1, 0.15) is 41.7 Å². The molecule has 0 bridgehead atoms. The third-order valence-electron chi connectivity index (χ3n) is 5.56. The molecular formula is C26H26O. The maximum atomic E-state index is 5.48. The molecule has 1 aliphatic rings. The fourth-order valence-corrected chi connectivity index (χ4v) is 4.01. The molecule has 27 heavy (non-hydrogen) atoms. The summed E-state index contributed by atoms with van der Waals surface area (Å²) < 4.78 is 5.48. The highest BCUT2D eigenvalue weighted by Crippen LogP contribution is 2.44. The quantitative estimate of drug-likeness (QED) is 0.477. The van der Waals surface area contributed by atoms with E-state index in [1.165, 1.54) is 38.9 Å². The van der Waals surface area contributed by atoms with Crippen LogP contribution in [0.3, 0.4) is 0 Å². The van der Waals surface area contributed by atoms with Gasteiger partial charge in [-0.3, -0.25) is 0 Å². The minimum Gasteiger partial charge on any atom is -0.497 e. The molecule has 0 unspecified atom stereocenters. The summed E-state index contributed by atoms with van der Waals surface area (Å²) in [5.41, 5.74) is 9.30. The van der Waals surface area contributed by atoms with Gasteiger partial charge < -0.3 is 4.74 Å². The monoisotopic (exact) mass is 354 g/mol. The number of hydrogen-bond donors (Lipinski definition) is 0. The van der Waals surface area contributed by atoms with Crippen LogP contribution in [0.15, 0.2) is 60.7 Å². The van der Waals surface area contributed by atoms with Gasteiger partial charge in [-0.25, -0.2) is 0 Å². The molecule has 1 aliphatic carbocycles. The molecule has 0 radical (unpaired) electrons. The largest absolute Gasteiger partial charge is 0.497 e. The van der Waals surface area contributed by atoms with Gasteiger partial charge in [0.15, 0.2) is 0 Å². The van der Waals surface area contributed by atoms with Crippen LogP contribution < -0.4 is 4.74 Å². The lowest BCUT2D eigenvalue weighted by atomic mass is 9.70. The van der Waals surface area contributed by atoms with E-state index in [0.29, 0.717) is 0 Å². The predicted octanol–water partition coefficient (Wildman–Crippen LogP) is 6.67. The van der Waals surface area contributed by atoms with Crippen LogP contribution in [0.2, 0.25) is 0 Å². The van der Waals surface area contributed by atoms with E-state index >= 15 is 0 Å². The van der Waals surface area contributed by atoms with Crippen LogP contribution in [0.25, 0.3) is 23.3 Å². The van der Waals surface area contributed by atoms with Crippen molar-refractivity contribution in [3.63, 3.8) is 0 Å². The van der Waals surface area contributed by atoms with Crippen LogP contribution in [0.5, 0.6) is 5.75 Å². The second-order valence-electron chi connectivity index (χ2n) is 8.13. The van der Waals surface area contributed by atoms with E-state index in [1.807, 2.05) is 0 Å². The van der Waals surface area contributed by atoms with Crippen molar-refractivity contribution < 1.29 is 4.74 Å². The fourth-order valence-electron chi connectivity index (χ4n) is 4.01. The molecule has 0 aliphatic heterocycles. The molecule has 0 heterocycles. The Labute approximate surface area is 162 Å². The summed E-state index contributed by atoms with van der Waals surface area (Å²) in [6, 6.07) is 21.9. The first-order valence-electron chi connectivity index (χ1n) is 9.53. The zero-order valence-corrected chi connectivity index (χ0v) is 16.5. The van der Waals surface area contributed by atoms with Crippen LogP contribution >= 0.6 is 0 Å². The van der Waals surface area contributed by atoms with Crippen molar-refractivity contribution in [2.45, 2.75) is 32.6 Å². The highest BCUT2D eigenvalue weighted by atomic mass is 16.5. The normalized spacial score (nSPS) is 14.7. The first-order chi connectivity index (χ1) is 13.0. The third kappa shape index (κ3) is 3.42. The molecule has 0 amide bonds. The summed E-state index contributed by atoms with van der Waals surface area (Å²) in [6.45, 7) is 6.78. The zero-order valence-electron chi connectivity index (χ0n) is 16.5. The molecule has 0 atom stereocenters. The number of ether oxygens (including phenoxy) is 1. The lowest BCUT2D eigenvalue weighted by molar-refractivity contribution is 0.414. The summed E-state index contributed by atoms with van der Waals surface area (Å²) in [5.74, 6) is 0.917. The van der Waals surface area contributed by atoms with E-state index in [-0.39, 0.29) is 5.41 Å². The zero-order chi connectivity index (χ0) is 19.0. The molecule has 4 rings (SSSR count). The number of fused-ring (bicyclic) bond motifs is 3. The minimum atomic E-state index is 0.135. The Hall–Kier alpha value is -2.80. The molecule has 136 valence electrons. The molecule has 1 nitrogen and oxygen atoms in total. The Kier molecular flexibility index (Phi) is 4.39. The lowest BCUT2D eigenvalue weighted by Crippen LogP contribution is -2.25. The van der Waals surface area contributed by atoms with Crippen LogP contribution in [-0.2, 0) is 11.8 Å². The molecule has 3 aromatic carbocycles. The van der Waals surface area contributed by atoms with Crippen LogP contribution in [0, 0.1) is 6.92 Å². The van der Waals surface area contributed by atoms with Crippen LogP contribution in [0.4, 0.5) is 0 Å². The molecule has 1 heteroatoms.